The number of nitrogens with zero attached hydrogens (tertiary/aromatic N) is 1. The van der Waals surface area contributed by atoms with Gasteiger partial charge in [-0.15, -0.1) is 5.10 Å². The molecule has 0 bridgehead atoms. The van der Waals surface area contributed by atoms with Crippen LogP contribution in [0.4, 0.5) is 5.69 Å². The molecule has 1 heterocycles. The molecule has 0 fully saturated rings. The SMILES string of the molecule is Cc1[nH]nc(OCCCN)c1N. The maximum atomic E-state index is 5.63. The van der Waals surface area contributed by atoms with Gasteiger partial charge in [0.2, 0.25) is 0 Å². The van der Waals surface area contributed by atoms with Crippen LogP contribution in [0.25, 0.3) is 0 Å². The Bertz CT molecular complexity index is 246. The Kier molecular flexibility index (Phi) is 2.93. The number of nitrogens with two attached hydrogens (primary N) is 2. The molecule has 5 N–H and O–H groups in total. The maximum absolute atomic E-state index is 5.63. The summed E-state index contributed by atoms with van der Waals surface area (Å²) in [5.41, 5.74) is 12.3. The number of nitrogens with one attached hydrogen (secondary N) is 1. The first-order chi connectivity index (χ1) is 5.75. The van der Waals surface area contributed by atoms with Crippen molar-refractivity contribution in [3.63, 3.8) is 0 Å². The molecule has 5 nitrogen and oxygen atoms in total. The lowest BCUT2D eigenvalue weighted by molar-refractivity contribution is 0.302. The molecule has 12 heavy (non-hydrogen) atoms. The number of H-pyrrole nitrogens is 1. The van der Waals surface area contributed by atoms with E-state index in [9.17, 15) is 0 Å². The minimum absolute atomic E-state index is 0.473. The molecule has 1 aromatic heterocycles. The number of nitrogen functional groups attached to an aromatic ring is 1. The van der Waals surface area contributed by atoms with Gasteiger partial charge >= 0.3 is 0 Å². The predicted octanol–water partition coefficient (Wildman–Crippen LogP) is 0.0279. The highest BCUT2D eigenvalue weighted by Crippen LogP contribution is 2.20. The van der Waals surface area contributed by atoms with Crippen LogP contribution in [0.3, 0.4) is 0 Å². The fourth-order valence-electron chi connectivity index (χ4n) is 0.778. The smallest absolute Gasteiger partial charge is 0.256 e. The number of ether oxygens (including phenoxy) is 1. The summed E-state index contributed by atoms with van der Waals surface area (Å²) in [7, 11) is 0. The van der Waals surface area contributed by atoms with Gasteiger partial charge in [0.05, 0.1) is 12.3 Å². The number of aromatic nitrogens is 2. The molecule has 0 saturated heterocycles. The first-order valence-corrected chi connectivity index (χ1v) is 3.89. The van der Waals surface area contributed by atoms with Crippen molar-refractivity contribution in [1.29, 1.82) is 0 Å². The maximum Gasteiger partial charge on any atom is 0.256 e. The van der Waals surface area contributed by atoms with Crippen LogP contribution in [-0.2, 0) is 0 Å². The van der Waals surface area contributed by atoms with E-state index in [2.05, 4.69) is 10.2 Å². The van der Waals surface area contributed by atoms with E-state index in [0.29, 0.717) is 24.7 Å². The van der Waals surface area contributed by atoms with Gasteiger partial charge in [-0.3, -0.25) is 5.10 Å². The highest BCUT2D eigenvalue weighted by molar-refractivity contribution is 5.51. The lowest BCUT2D eigenvalue weighted by Crippen LogP contribution is -2.07. The zero-order valence-electron chi connectivity index (χ0n) is 7.13. The van der Waals surface area contributed by atoms with E-state index in [4.69, 9.17) is 16.2 Å². The molecule has 0 unspecified atom stereocenters. The minimum Gasteiger partial charge on any atom is -0.475 e. The van der Waals surface area contributed by atoms with E-state index in [0.717, 1.165) is 12.1 Å². The van der Waals surface area contributed by atoms with Crippen LogP contribution < -0.4 is 16.2 Å². The van der Waals surface area contributed by atoms with Gasteiger partial charge in [0.15, 0.2) is 0 Å². The normalized spacial score (nSPS) is 10.2. The van der Waals surface area contributed by atoms with Gasteiger partial charge in [0, 0.05) is 0 Å². The molecular weight excluding hydrogens is 156 g/mol. The second-order valence-corrected chi connectivity index (χ2v) is 2.56. The topological polar surface area (TPSA) is 89.9 Å². The van der Waals surface area contributed by atoms with Crippen molar-refractivity contribution < 1.29 is 4.74 Å². The lowest BCUT2D eigenvalue weighted by Gasteiger charge is -2.01. The number of hydrogen-bond donors (Lipinski definition) is 3. The number of anilines is 1. The summed E-state index contributed by atoms with van der Waals surface area (Å²) in [6.45, 7) is 3.02. The molecule has 0 aromatic carbocycles. The van der Waals surface area contributed by atoms with E-state index < -0.39 is 0 Å². The van der Waals surface area contributed by atoms with Crippen LogP contribution in [-0.4, -0.2) is 23.3 Å². The molecule has 0 spiro atoms. The van der Waals surface area contributed by atoms with E-state index in [1.807, 2.05) is 6.92 Å². The van der Waals surface area contributed by atoms with Crippen molar-refractivity contribution in [2.24, 2.45) is 5.73 Å². The Balaban J connectivity index is 2.46. The fourth-order valence-corrected chi connectivity index (χ4v) is 0.778. The van der Waals surface area contributed by atoms with Crippen molar-refractivity contribution in [1.82, 2.24) is 10.2 Å². The van der Waals surface area contributed by atoms with Gasteiger partial charge in [0.1, 0.15) is 5.69 Å². The summed E-state index contributed by atoms with van der Waals surface area (Å²) >= 11 is 0. The molecule has 5 heteroatoms. The zero-order chi connectivity index (χ0) is 8.97. The third-order valence-electron chi connectivity index (χ3n) is 1.55. The van der Waals surface area contributed by atoms with E-state index >= 15 is 0 Å². The van der Waals surface area contributed by atoms with Crippen molar-refractivity contribution >= 4 is 5.69 Å². The standard InChI is InChI=1S/C7H14N4O/c1-5-6(9)7(11-10-5)12-4-2-3-8/h2-4,8-9H2,1H3,(H,10,11). The van der Waals surface area contributed by atoms with Gasteiger partial charge in [-0.2, -0.15) is 0 Å². The summed E-state index contributed by atoms with van der Waals surface area (Å²) < 4.78 is 5.25. The van der Waals surface area contributed by atoms with Crippen LogP contribution in [0.1, 0.15) is 12.1 Å². The molecule has 0 aliphatic rings. The van der Waals surface area contributed by atoms with Gasteiger partial charge in [-0.05, 0) is 19.9 Å². The predicted molar refractivity (Wildman–Crippen MR) is 46.9 cm³/mol. The Labute approximate surface area is 71.1 Å². The number of rotatable bonds is 4. The molecule has 1 aromatic rings. The van der Waals surface area contributed by atoms with Gasteiger partial charge < -0.3 is 16.2 Å². The van der Waals surface area contributed by atoms with E-state index in [1.54, 1.807) is 0 Å². The monoisotopic (exact) mass is 170 g/mol. The quantitative estimate of drug-likeness (QED) is 0.556. The van der Waals surface area contributed by atoms with Crippen LogP contribution in [0, 0.1) is 6.92 Å². The summed E-state index contributed by atoms with van der Waals surface area (Å²) in [6, 6.07) is 0. The average molecular weight is 170 g/mol. The van der Waals surface area contributed by atoms with Crippen molar-refractivity contribution in [3.05, 3.63) is 5.69 Å². The van der Waals surface area contributed by atoms with Crippen molar-refractivity contribution in [2.45, 2.75) is 13.3 Å². The molecule has 0 radical (unpaired) electrons. The Morgan fingerprint density at radius 3 is 2.83 bits per heavy atom. The summed E-state index contributed by atoms with van der Waals surface area (Å²) in [5.74, 6) is 0.473. The molecular formula is C7H14N4O. The Morgan fingerprint density at radius 1 is 1.58 bits per heavy atom. The summed E-state index contributed by atoms with van der Waals surface area (Å²) in [6.07, 6.45) is 0.811. The lowest BCUT2D eigenvalue weighted by atomic mass is 10.4. The van der Waals surface area contributed by atoms with Crippen LogP contribution in [0.15, 0.2) is 0 Å². The van der Waals surface area contributed by atoms with Gasteiger partial charge in [-0.25, -0.2) is 0 Å². The van der Waals surface area contributed by atoms with E-state index in [-0.39, 0.29) is 0 Å². The summed E-state index contributed by atoms with van der Waals surface area (Å²) in [4.78, 5) is 0. The molecule has 0 aliphatic heterocycles. The number of hydrogen-bond acceptors (Lipinski definition) is 4. The first kappa shape index (κ1) is 8.86. The second kappa shape index (κ2) is 3.96. The zero-order valence-corrected chi connectivity index (χ0v) is 7.13. The largest absolute Gasteiger partial charge is 0.475 e. The second-order valence-electron chi connectivity index (χ2n) is 2.56. The highest BCUT2D eigenvalue weighted by Gasteiger charge is 2.05. The Morgan fingerprint density at radius 2 is 2.33 bits per heavy atom. The molecule has 1 rings (SSSR count). The van der Waals surface area contributed by atoms with Crippen LogP contribution in [0.2, 0.25) is 0 Å². The van der Waals surface area contributed by atoms with E-state index in [1.165, 1.54) is 0 Å². The van der Waals surface area contributed by atoms with Crippen LogP contribution in [0.5, 0.6) is 5.88 Å². The Hall–Kier alpha value is -1.23. The fraction of sp³-hybridized carbons (Fsp3) is 0.571. The van der Waals surface area contributed by atoms with Crippen molar-refractivity contribution in [3.8, 4) is 5.88 Å². The minimum atomic E-state index is 0.473. The average Bonchev–Trinajstić information content (AvgIpc) is 2.36. The molecule has 0 atom stereocenters. The van der Waals surface area contributed by atoms with Crippen LogP contribution >= 0.6 is 0 Å². The third kappa shape index (κ3) is 1.88. The highest BCUT2D eigenvalue weighted by atomic mass is 16.5. The number of aromatic amines is 1. The number of aryl methyl sites for hydroxylation is 1. The van der Waals surface area contributed by atoms with Gasteiger partial charge in [-0.1, -0.05) is 0 Å². The molecule has 0 amide bonds. The first-order valence-electron chi connectivity index (χ1n) is 3.89. The van der Waals surface area contributed by atoms with Crippen molar-refractivity contribution in [2.75, 3.05) is 18.9 Å². The van der Waals surface area contributed by atoms with Gasteiger partial charge in [0.25, 0.3) is 5.88 Å². The molecule has 0 aliphatic carbocycles. The molecule has 68 valence electrons. The summed E-state index contributed by atoms with van der Waals surface area (Å²) in [5, 5.41) is 6.61. The third-order valence-corrected chi connectivity index (χ3v) is 1.55. The molecule has 0 saturated carbocycles.